The molecule has 2 N–H and O–H groups in total. The molecule has 6 heteroatoms. The van der Waals surface area contributed by atoms with E-state index in [9.17, 15) is 15.0 Å². The first-order chi connectivity index (χ1) is 16.6. The maximum Gasteiger partial charge on any atom is 0.303 e. The van der Waals surface area contributed by atoms with Crippen molar-refractivity contribution >= 4 is 5.97 Å². The fourth-order valence-electron chi connectivity index (χ4n) is 3.59. The fourth-order valence-corrected chi connectivity index (χ4v) is 3.59. The second-order valence-electron chi connectivity index (χ2n) is 8.10. The van der Waals surface area contributed by atoms with Crippen molar-refractivity contribution in [3.8, 4) is 0 Å². The Balaban J connectivity index is 1.69. The summed E-state index contributed by atoms with van der Waals surface area (Å²) in [5.41, 5.74) is 2.91. The van der Waals surface area contributed by atoms with E-state index in [0.29, 0.717) is 6.61 Å². The topological polar surface area (TPSA) is 85.2 Å². The highest BCUT2D eigenvalue weighted by Crippen LogP contribution is 2.20. The van der Waals surface area contributed by atoms with Gasteiger partial charge in [0.15, 0.2) is 0 Å². The third kappa shape index (κ3) is 9.08. The summed E-state index contributed by atoms with van der Waals surface area (Å²) in [4.78, 5) is 11.3. The van der Waals surface area contributed by atoms with E-state index in [-0.39, 0.29) is 32.7 Å². The van der Waals surface area contributed by atoms with Crippen LogP contribution in [0.1, 0.15) is 29.5 Å². The summed E-state index contributed by atoms with van der Waals surface area (Å²) in [6.45, 7) is 0.939. The van der Waals surface area contributed by atoms with Gasteiger partial charge in [0.05, 0.1) is 32.5 Å². The lowest BCUT2D eigenvalue weighted by atomic mass is 10.0. The Morgan fingerprint density at radius 3 is 1.68 bits per heavy atom. The predicted molar refractivity (Wildman–Crippen MR) is 129 cm³/mol. The number of carboxylic acids is 1. The number of benzene rings is 3. The monoisotopic (exact) mass is 464 g/mol. The van der Waals surface area contributed by atoms with Crippen LogP contribution in [-0.2, 0) is 38.8 Å². The van der Waals surface area contributed by atoms with Gasteiger partial charge in [0, 0.05) is 6.42 Å². The maximum absolute atomic E-state index is 11.3. The molecule has 0 aliphatic rings. The minimum atomic E-state index is -0.998. The van der Waals surface area contributed by atoms with Crippen LogP contribution in [0.3, 0.4) is 0 Å². The third-order valence-electron chi connectivity index (χ3n) is 5.38. The Morgan fingerprint density at radius 1 is 0.706 bits per heavy atom. The van der Waals surface area contributed by atoms with Gasteiger partial charge < -0.3 is 24.4 Å². The van der Waals surface area contributed by atoms with Crippen LogP contribution in [0.4, 0.5) is 0 Å². The number of aliphatic hydroxyl groups excluding tert-OH is 1. The molecule has 0 amide bonds. The minimum absolute atomic E-state index is 0.0343. The summed E-state index contributed by atoms with van der Waals surface area (Å²) in [5.74, 6) is -0.926. The zero-order chi connectivity index (χ0) is 24.0. The Labute approximate surface area is 200 Å². The average molecular weight is 465 g/mol. The third-order valence-corrected chi connectivity index (χ3v) is 5.38. The molecule has 0 aromatic heterocycles. The molecule has 0 saturated heterocycles. The number of rotatable bonds is 15. The quantitative estimate of drug-likeness (QED) is 0.342. The van der Waals surface area contributed by atoms with Gasteiger partial charge in [0.2, 0.25) is 0 Å². The number of carboxylic acid groups (broad SMARTS) is 1. The van der Waals surface area contributed by atoms with Crippen molar-refractivity contribution in [3.05, 3.63) is 108 Å². The number of hydrogen-bond donors (Lipinski definition) is 2. The zero-order valence-electron chi connectivity index (χ0n) is 19.2. The van der Waals surface area contributed by atoms with Crippen LogP contribution in [-0.4, -0.2) is 41.1 Å². The van der Waals surface area contributed by atoms with E-state index in [1.807, 2.05) is 91.0 Å². The summed E-state index contributed by atoms with van der Waals surface area (Å²) in [6.07, 6.45) is -2.28. The van der Waals surface area contributed by atoms with E-state index in [2.05, 4.69) is 0 Å². The van der Waals surface area contributed by atoms with Gasteiger partial charge in [-0.3, -0.25) is 4.79 Å². The number of carbonyl (C=O) groups is 1. The average Bonchev–Trinajstić information content (AvgIpc) is 2.87. The highest BCUT2D eigenvalue weighted by molar-refractivity contribution is 5.66. The van der Waals surface area contributed by atoms with E-state index >= 15 is 0 Å². The molecule has 0 fully saturated rings. The second-order valence-corrected chi connectivity index (χ2v) is 8.10. The lowest BCUT2D eigenvalue weighted by Gasteiger charge is -2.31. The number of ether oxygens (including phenoxy) is 3. The molecule has 0 saturated carbocycles. The fraction of sp³-hybridized carbons (Fsp3) is 0.321. The molecule has 0 unspecified atom stereocenters. The predicted octanol–water partition coefficient (Wildman–Crippen LogP) is 4.60. The van der Waals surface area contributed by atoms with E-state index in [1.165, 1.54) is 0 Å². The molecule has 3 aromatic carbocycles. The molecule has 34 heavy (non-hydrogen) atoms. The first-order valence-corrected chi connectivity index (χ1v) is 11.4. The Hall–Kier alpha value is -3.03. The lowest BCUT2D eigenvalue weighted by Crippen LogP contribution is -2.43. The van der Waals surface area contributed by atoms with Crippen molar-refractivity contribution in [1.82, 2.24) is 0 Å². The molecule has 0 aliphatic carbocycles. The molecule has 3 rings (SSSR count). The molecule has 3 aromatic rings. The highest BCUT2D eigenvalue weighted by Gasteiger charge is 2.31. The van der Waals surface area contributed by atoms with Crippen molar-refractivity contribution in [2.45, 2.75) is 51.0 Å². The molecule has 180 valence electrons. The van der Waals surface area contributed by atoms with Crippen molar-refractivity contribution in [2.75, 3.05) is 6.61 Å². The van der Waals surface area contributed by atoms with Crippen LogP contribution in [0, 0.1) is 0 Å². The first-order valence-electron chi connectivity index (χ1n) is 11.4. The van der Waals surface area contributed by atoms with E-state index in [0.717, 1.165) is 16.7 Å². The number of hydrogen-bond acceptors (Lipinski definition) is 5. The number of aliphatic carboxylic acids is 1. The molecular formula is C28H32O6. The van der Waals surface area contributed by atoms with E-state index in [1.54, 1.807) is 0 Å². The van der Waals surface area contributed by atoms with Crippen molar-refractivity contribution < 1.29 is 29.2 Å². The molecular weight excluding hydrogens is 432 g/mol. The smallest absolute Gasteiger partial charge is 0.303 e. The van der Waals surface area contributed by atoms with Crippen LogP contribution in [0.2, 0.25) is 0 Å². The van der Waals surface area contributed by atoms with Gasteiger partial charge in [-0.05, 0) is 23.1 Å². The highest BCUT2D eigenvalue weighted by atomic mass is 16.6. The normalized spacial score (nSPS) is 13.8. The van der Waals surface area contributed by atoms with Crippen LogP contribution in [0.5, 0.6) is 0 Å². The molecule has 3 atom stereocenters. The van der Waals surface area contributed by atoms with Gasteiger partial charge in [-0.2, -0.15) is 0 Å². The van der Waals surface area contributed by atoms with Gasteiger partial charge in [-0.15, -0.1) is 0 Å². The van der Waals surface area contributed by atoms with E-state index in [4.69, 9.17) is 14.2 Å². The molecule has 0 bridgehead atoms. The Morgan fingerprint density at radius 2 is 1.18 bits per heavy atom. The van der Waals surface area contributed by atoms with Crippen LogP contribution >= 0.6 is 0 Å². The summed E-state index contributed by atoms with van der Waals surface area (Å²) in [6, 6.07) is 29.0. The van der Waals surface area contributed by atoms with Gasteiger partial charge >= 0.3 is 5.97 Å². The van der Waals surface area contributed by atoms with Crippen LogP contribution < -0.4 is 0 Å². The van der Waals surface area contributed by atoms with E-state index < -0.39 is 24.3 Å². The second kappa shape index (κ2) is 14.3. The van der Waals surface area contributed by atoms with Gasteiger partial charge in [-0.25, -0.2) is 0 Å². The summed E-state index contributed by atoms with van der Waals surface area (Å²) >= 11 is 0. The molecule has 0 radical (unpaired) electrons. The Bertz CT molecular complexity index is 948. The summed E-state index contributed by atoms with van der Waals surface area (Å²) in [5, 5.41) is 20.3. The van der Waals surface area contributed by atoms with Crippen LogP contribution in [0.25, 0.3) is 0 Å². The summed E-state index contributed by atoms with van der Waals surface area (Å²) in [7, 11) is 0. The van der Waals surface area contributed by atoms with Crippen molar-refractivity contribution in [3.63, 3.8) is 0 Å². The maximum atomic E-state index is 11.3. The lowest BCUT2D eigenvalue weighted by molar-refractivity contribution is -0.154. The van der Waals surface area contributed by atoms with Gasteiger partial charge in [0.25, 0.3) is 0 Å². The standard InChI is InChI=1S/C28H32O6/c29-25(21-32-18-22-10-4-1-5-11-22)28(34-20-24-14-8-3-9-15-24)26(16-17-27(30)31)33-19-23-12-6-2-7-13-23/h1-15,25-26,28-29H,16-21H2,(H,30,31)/t25-,26+,28-/m1/s1. The minimum Gasteiger partial charge on any atom is -0.481 e. The Kier molecular flexibility index (Phi) is 10.7. The molecule has 0 aliphatic heterocycles. The van der Waals surface area contributed by atoms with Gasteiger partial charge in [0.1, 0.15) is 12.2 Å². The summed E-state index contributed by atoms with van der Waals surface area (Å²) < 4.78 is 18.0. The SMILES string of the molecule is O=C(O)CC[C@H](OCc1ccccc1)[C@H](OCc1ccccc1)[C@H](O)COCc1ccccc1. The molecule has 0 spiro atoms. The first kappa shape index (κ1) is 25.6. The van der Waals surface area contributed by atoms with Crippen molar-refractivity contribution in [2.24, 2.45) is 0 Å². The van der Waals surface area contributed by atoms with Crippen LogP contribution in [0.15, 0.2) is 91.0 Å². The zero-order valence-corrected chi connectivity index (χ0v) is 19.2. The van der Waals surface area contributed by atoms with Gasteiger partial charge in [-0.1, -0.05) is 91.0 Å². The molecule has 0 heterocycles. The number of aliphatic hydroxyl groups is 1. The largest absolute Gasteiger partial charge is 0.481 e. The molecule has 6 nitrogen and oxygen atoms in total. The van der Waals surface area contributed by atoms with Crippen molar-refractivity contribution in [1.29, 1.82) is 0 Å².